The van der Waals surface area contributed by atoms with Crippen molar-refractivity contribution in [2.45, 2.75) is 19.3 Å². The van der Waals surface area contributed by atoms with Crippen LogP contribution in [0.25, 0.3) is 10.4 Å². The first-order chi connectivity index (χ1) is 10.2. The number of hydrogen-bond donors (Lipinski definition) is 1. The quantitative estimate of drug-likeness (QED) is 0.523. The van der Waals surface area contributed by atoms with E-state index in [1.807, 2.05) is 18.2 Å². The summed E-state index contributed by atoms with van der Waals surface area (Å²) < 4.78 is 0. The van der Waals surface area contributed by atoms with Gasteiger partial charge in [0.1, 0.15) is 0 Å². The van der Waals surface area contributed by atoms with Crippen LogP contribution in [0.5, 0.6) is 0 Å². The van der Waals surface area contributed by atoms with Crippen LogP contribution < -0.4 is 10.2 Å². The Bertz CT molecular complexity index is 651. The molecule has 1 N–H and O–H groups in total. The van der Waals surface area contributed by atoms with Gasteiger partial charge in [-0.15, -0.1) is 0 Å². The molecule has 0 aromatic heterocycles. The van der Waals surface area contributed by atoms with Gasteiger partial charge >= 0.3 is 0 Å². The number of carbonyl (C=O) groups is 2. The van der Waals surface area contributed by atoms with Crippen LogP contribution in [0.2, 0.25) is 0 Å². The number of aryl methyl sites for hydroxylation is 1. The van der Waals surface area contributed by atoms with Gasteiger partial charge in [-0.25, -0.2) is 0 Å². The summed E-state index contributed by atoms with van der Waals surface area (Å²) in [5, 5.41) is 6.38. The normalized spacial score (nSPS) is 20.8. The average Bonchev–Trinajstić information content (AvgIpc) is 2.85. The van der Waals surface area contributed by atoms with Crippen molar-refractivity contribution in [3.8, 4) is 0 Å². The number of carbonyl (C=O) groups excluding carboxylic acids is 2. The zero-order valence-corrected chi connectivity index (χ0v) is 11.5. The molecule has 0 aliphatic carbocycles. The molecule has 2 amide bonds. The van der Waals surface area contributed by atoms with Gasteiger partial charge in [0.05, 0.1) is 0 Å². The first-order valence-corrected chi connectivity index (χ1v) is 6.91. The van der Waals surface area contributed by atoms with E-state index in [1.54, 1.807) is 4.90 Å². The maximum Gasteiger partial charge on any atom is 0.227 e. The number of amides is 2. The van der Waals surface area contributed by atoms with Gasteiger partial charge in [0, 0.05) is 42.2 Å². The van der Waals surface area contributed by atoms with Gasteiger partial charge in [-0.3, -0.25) is 9.59 Å². The van der Waals surface area contributed by atoms with Crippen LogP contribution in [0.15, 0.2) is 23.3 Å². The van der Waals surface area contributed by atoms with Crippen molar-refractivity contribution >= 4 is 23.2 Å². The maximum atomic E-state index is 12.1. The summed E-state index contributed by atoms with van der Waals surface area (Å²) >= 11 is 0. The zero-order chi connectivity index (χ0) is 14.8. The van der Waals surface area contributed by atoms with Crippen LogP contribution in [0.4, 0.5) is 11.4 Å². The van der Waals surface area contributed by atoms with Gasteiger partial charge in [0.15, 0.2) is 0 Å². The smallest absolute Gasteiger partial charge is 0.227 e. The molecule has 0 spiro atoms. The molecule has 1 saturated heterocycles. The lowest BCUT2D eigenvalue weighted by atomic mass is 10.0. The summed E-state index contributed by atoms with van der Waals surface area (Å²) in [6.07, 6.45) is 1.63. The molecule has 1 unspecified atom stereocenters. The van der Waals surface area contributed by atoms with Crippen molar-refractivity contribution in [3.63, 3.8) is 0 Å². The van der Waals surface area contributed by atoms with Gasteiger partial charge in [0.2, 0.25) is 11.8 Å². The van der Waals surface area contributed by atoms with E-state index in [2.05, 4.69) is 15.3 Å². The maximum absolute atomic E-state index is 12.1. The standard InChI is InChI=1S/C14H15N5O2/c15-18-16-7-9-5-14(21)19(8-9)11-3-1-10-2-4-13(20)17-12(10)6-11/h1,3,6,9H,2,4-5,7-8H2,(H,17,20). The molecule has 2 heterocycles. The highest BCUT2D eigenvalue weighted by Gasteiger charge is 2.30. The molecule has 7 heteroatoms. The molecule has 1 aromatic rings. The predicted molar refractivity (Wildman–Crippen MR) is 77.9 cm³/mol. The number of benzene rings is 1. The van der Waals surface area contributed by atoms with Gasteiger partial charge in [-0.2, -0.15) is 0 Å². The van der Waals surface area contributed by atoms with Crippen LogP contribution in [0, 0.1) is 5.92 Å². The van der Waals surface area contributed by atoms with Crippen molar-refractivity contribution in [2.75, 3.05) is 23.3 Å². The fourth-order valence-corrected chi connectivity index (χ4v) is 2.83. The molecule has 0 bridgehead atoms. The van der Waals surface area contributed by atoms with E-state index in [4.69, 9.17) is 5.53 Å². The van der Waals surface area contributed by atoms with Crippen LogP contribution in [0.1, 0.15) is 18.4 Å². The van der Waals surface area contributed by atoms with E-state index >= 15 is 0 Å². The van der Waals surface area contributed by atoms with Crippen LogP contribution >= 0.6 is 0 Å². The van der Waals surface area contributed by atoms with Gasteiger partial charge in [-0.1, -0.05) is 11.2 Å². The SMILES string of the molecule is [N-]=[N+]=NCC1CC(=O)N(c2ccc3c(c2)NC(=O)CC3)C1. The van der Waals surface area contributed by atoms with Crippen molar-refractivity contribution < 1.29 is 9.59 Å². The number of nitrogens with zero attached hydrogens (tertiary/aromatic N) is 4. The zero-order valence-electron chi connectivity index (χ0n) is 11.5. The molecule has 1 aromatic carbocycles. The summed E-state index contributed by atoms with van der Waals surface area (Å²) in [7, 11) is 0. The van der Waals surface area contributed by atoms with Crippen molar-refractivity contribution in [2.24, 2.45) is 11.0 Å². The third-order valence-corrected chi connectivity index (χ3v) is 3.91. The minimum Gasteiger partial charge on any atom is -0.326 e. The highest BCUT2D eigenvalue weighted by molar-refractivity contribution is 5.98. The number of nitrogens with one attached hydrogen (secondary N) is 1. The van der Waals surface area contributed by atoms with E-state index in [1.165, 1.54) is 0 Å². The molecule has 0 radical (unpaired) electrons. The number of anilines is 2. The largest absolute Gasteiger partial charge is 0.326 e. The first kappa shape index (κ1) is 13.5. The molecular formula is C14H15N5O2. The average molecular weight is 285 g/mol. The third-order valence-electron chi connectivity index (χ3n) is 3.91. The highest BCUT2D eigenvalue weighted by atomic mass is 16.2. The molecule has 1 fully saturated rings. The summed E-state index contributed by atoms with van der Waals surface area (Å²) in [5.74, 6) is 0.0860. The minimum absolute atomic E-state index is 0.00799. The summed E-state index contributed by atoms with van der Waals surface area (Å²) in [5.41, 5.74) is 11.0. The Morgan fingerprint density at radius 3 is 3.05 bits per heavy atom. The fourth-order valence-electron chi connectivity index (χ4n) is 2.83. The van der Waals surface area contributed by atoms with Crippen molar-refractivity contribution in [3.05, 3.63) is 34.2 Å². The minimum atomic E-state index is 0.00799. The van der Waals surface area contributed by atoms with Crippen molar-refractivity contribution in [1.29, 1.82) is 0 Å². The Kier molecular flexibility index (Phi) is 3.50. The van der Waals surface area contributed by atoms with Gasteiger partial charge in [-0.05, 0) is 35.6 Å². The lowest BCUT2D eigenvalue weighted by molar-refractivity contribution is -0.117. The number of rotatable bonds is 3. The van der Waals surface area contributed by atoms with Gasteiger partial charge in [0.25, 0.3) is 0 Å². The lowest BCUT2D eigenvalue weighted by Crippen LogP contribution is -2.26. The third kappa shape index (κ3) is 2.68. The van der Waals surface area contributed by atoms with Crippen molar-refractivity contribution in [1.82, 2.24) is 0 Å². The monoisotopic (exact) mass is 285 g/mol. The molecule has 1 atom stereocenters. The van der Waals surface area contributed by atoms with E-state index in [0.717, 1.165) is 23.4 Å². The van der Waals surface area contributed by atoms with Crippen LogP contribution in [0.3, 0.4) is 0 Å². The number of hydrogen-bond acceptors (Lipinski definition) is 3. The molecule has 2 aliphatic heterocycles. The predicted octanol–water partition coefficient (Wildman–Crippen LogP) is 2.23. The number of fused-ring (bicyclic) bond motifs is 1. The Labute approximate surface area is 121 Å². The second kappa shape index (κ2) is 5.46. The van der Waals surface area contributed by atoms with E-state index in [0.29, 0.717) is 25.9 Å². The molecule has 0 saturated carbocycles. The summed E-state index contributed by atoms with van der Waals surface area (Å²) in [6, 6.07) is 5.71. The summed E-state index contributed by atoms with van der Waals surface area (Å²) in [6.45, 7) is 0.880. The van der Waals surface area contributed by atoms with Crippen LogP contribution in [-0.2, 0) is 16.0 Å². The molecule has 2 aliphatic rings. The topological polar surface area (TPSA) is 98.2 Å². The molecule has 7 nitrogen and oxygen atoms in total. The second-order valence-corrected chi connectivity index (χ2v) is 5.38. The molecule has 3 rings (SSSR count). The Morgan fingerprint density at radius 2 is 2.24 bits per heavy atom. The van der Waals surface area contributed by atoms with E-state index < -0.39 is 0 Å². The molecule has 108 valence electrons. The Balaban J connectivity index is 1.81. The lowest BCUT2D eigenvalue weighted by Gasteiger charge is -2.21. The summed E-state index contributed by atoms with van der Waals surface area (Å²) in [4.78, 5) is 28.0. The molecular weight excluding hydrogens is 270 g/mol. The second-order valence-electron chi connectivity index (χ2n) is 5.38. The Hall–Kier alpha value is -2.53. The van der Waals surface area contributed by atoms with E-state index in [9.17, 15) is 9.59 Å². The molecule has 21 heavy (non-hydrogen) atoms. The fraction of sp³-hybridized carbons (Fsp3) is 0.429. The first-order valence-electron chi connectivity index (χ1n) is 6.91. The van der Waals surface area contributed by atoms with E-state index in [-0.39, 0.29) is 17.7 Å². The number of azide groups is 1. The highest BCUT2D eigenvalue weighted by Crippen LogP contribution is 2.31. The Morgan fingerprint density at radius 1 is 1.38 bits per heavy atom. The van der Waals surface area contributed by atoms with Gasteiger partial charge < -0.3 is 10.2 Å². The van der Waals surface area contributed by atoms with Crippen LogP contribution in [-0.4, -0.2) is 24.9 Å².